The van der Waals surface area contributed by atoms with E-state index in [1.165, 1.54) is 12.8 Å². The van der Waals surface area contributed by atoms with Gasteiger partial charge in [-0.25, -0.2) is 4.99 Å². The predicted molar refractivity (Wildman–Crippen MR) is 101 cm³/mol. The molecule has 1 aromatic heterocycles. The minimum atomic E-state index is 0.249. The monoisotopic (exact) mass is 361 g/mol. The van der Waals surface area contributed by atoms with Crippen LogP contribution < -0.4 is 10.6 Å². The Balaban J connectivity index is 1.52. The molecule has 0 bridgehead atoms. The number of carbonyl (C=O) groups excluding carboxylic acids is 1. The average molecular weight is 361 g/mol. The maximum atomic E-state index is 12.6. The molecule has 1 aliphatic heterocycles. The summed E-state index contributed by atoms with van der Waals surface area (Å²) in [6.07, 6.45) is 6.35. The molecule has 2 fully saturated rings. The number of rotatable bonds is 6. The number of aliphatic imine (C=N–C) groups is 1. The van der Waals surface area contributed by atoms with Crippen LogP contribution in [-0.2, 0) is 17.8 Å². The predicted octanol–water partition coefficient (Wildman–Crippen LogP) is 2.08. The highest BCUT2D eigenvalue weighted by Gasteiger charge is 2.32. The molecule has 1 aromatic rings. The number of nitrogens with one attached hydrogen (secondary N) is 2. The van der Waals surface area contributed by atoms with Crippen molar-refractivity contribution < 1.29 is 9.32 Å². The van der Waals surface area contributed by atoms with Crippen LogP contribution in [0, 0.1) is 5.92 Å². The first-order chi connectivity index (χ1) is 12.7. The van der Waals surface area contributed by atoms with Gasteiger partial charge in [0.15, 0.2) is 11.7 Å². The van der Waals surface area contributed by atoms with Crippen LogP contribution in [0.15, 0.2) is 15.6 Å². The van der Waals surface area contributed by atoms with Crippen molar-refractivity contribution >= 4 is 11.9 Å². The molecule has 144 valence electrons. The third-order valence-electron chi connectivity index (χ3n) is 5.25. The van der Waals surface area contributed by atoms with Crippen LogP contribution in [0.4, 0.5) is 0 Å². The highest BCUT2D eigenvalue weighted by atomic mass is 16.5. The second-order valence-electron chi connectivity index (χ2n) is 7.23. The number of aromatic nitrogens is 1. The lowest BCUT2D eigenvalue weighted by atomic mass is 10.1. The molecule has 0 aromatic carbocycles. The summed E-state index contributed by atoms with van der Waals surface area (Å²) in [6.45, 7) is 6.96. The summed E-state index contributed by atoms with van der Waals surface area (Å²) in [5, 5.41) is 10.7. The van der Waals surface area contributed by atoms with E-state index in [-0.39, 0.29) is 12.0 Å². The molecule has 26 heavy (non-hydrogen) atoms. The summed E-state index contributed by atoms with van der Waals surface area (Å²) in [6, 6.07) is 2.20. The lowest BCUT2D eigenvalue weighted by Crippen LogP contribution is -2.45. The Morgan fingerprint density at radius 1 is 1.35 bits per heavy atom. The Labute approximate surface area is 155 Å². The number of nitrogens with zero attached hydrogens (tertiary/aromatic N) is 3. The van der Waals surface area contributed by atoms with Crippen LogP contribution in [0.1, 0.15) is 57.4 Å². The lowest BCUT2D eigenvalue weighted by Gasteiger charge is -2.21. The lowest BCUT2D eigenvalue weighted by molar-refractivity contribution is -0.134. The fraction of sp³-hybridized carbons (Fsp3) is 0.737. The van der Waals surface area contributed by atoms with Crippen LogP contribution >= 0.6 is 0 Å². The van der Waals surface area contributed by atoms with Gasteiger partial charge in [0.2, 0.25) is 5.91 Å². The van der Waals surface area contributed by atoms with Crippen LogP contribution in [0.3, 0.4) is 0 Å². The minimum absolute atomic E-state index is 0.249. The van der Waals surface area contributed by atoms with Gasteiger partial charge in [0, 0.05) is 37.7 Å². The number of hydrogen-bond acceptors (Lipinski definition) is 4. The van der Waals surface area contributed by atoms with Crippen molar-refractivity contribution in [2.75, 3.05) is 19.6 Å². The van der Waals surface area contributed by atoms with Crippen molar-refractivity contribution in [2.24, 2.45) is 10.9 Å². The van der Waals surface area contributed by atoms with Gasteiger partial charge in [-0.2, -0.15) is 0 Å². The highest BCUT2D eigenvalue weighted by molar-refractivity contribution is 5.81. The van der Waals surface area contributed by atoms with E-state index in [0.29, 0.717) is 12.5 Å². The fourth-order valence-corrected chi connectivity index (χ4v) is 3.78. The summed E-state index contributed by atoms with van der Waals surface area (Å²) in [5.74, 6) is 2.14. The summed E-state index contributed by atoms with van der Waals surface area (Å²) in [7, 11) is 0. The zero-order valence-electron chi connectivity index (χ0n) is 16.0. The molecule has 1 amide bonds. The number of guanidine groups is 1. The summed E-state index contributed by atoms with van der Waals surface area (Å²) >= 11 is 0. The summed E-state index contributed by atoms with van der Waals surface area (Å²) < 4.78 is 5.29. The number of likely N-dealkylation sites (tertiary alicyclic amines) is 1. The topological polar surface area (TPSA) is 82.8 Å². The van der Waals surface area contributed by atoms with E-state index >= 15 is 0 Å². The maximum absolute atomic E-state index is 12.6. The summed E-state index contributed by atoms with van der Waals surface area (Å²) in [4.78, 5) is 19.2. The first kappa shape index (κ1) is 18.7. The largest absolute Gasteiger partial charge is 0.359 e. The molecule has 7 heteroatoms. The first-order valence-corrected chi connectivity index (χ1v) is 9.97. The van der Waals surface area contributed by atoms with Crippen molar-refractivity contribution in [3.05, 3.63) is 17.5 Å². The Hall–Kier alpha value is -2.05. The maximum Gasteiger partial charge on any atom is 0.225 e. The molecule has 2 N–H and O–H groups in total. The van der Waals surface area contributed by atoms with Gasteiger partial charge in [-0.15, -0.1) is 0 Å². The fourth-order valence-electron chi connectivity index (χ4n) is 3.78. The normalized spacial score (nSPS) is 21.4. The van der Waals surface area contributed by atoms with Gasteiger partial charge in [-0.1, -0.05) is 24.9 Å². The molecule has 0 radical (unpaired) electrons. The molecule has 1 aliphatic carbocycles. The number of hydrogen-bond donors (Lipinski definition) is 2. The molecule has 2 aliphatic rings. The molecule has 2 heterocycles. The van der Waals surface area contributed by atoms with Gasteiger partial charge in [-0.05, 0) is 32.6 Å². The van der Waals surface area contributed by atoms with Crippen molar-refractivity contribution in [2.45, 2.75) is 65.0 Å². The Morgan fingerprint density at radius 2 is 2.15 bits per heavy atom. The highest BCUT2D eigenvalue weighted by Crippen LogP contribution is 2.27. The molecule has 1 atom stereocenters. The number of aryl methyl sites for hydroxylation is 1. The van der Waals surface area contributed by atoms with E-state index < -0.39 is 0 Å². The molecule has 1 saturated carbocycles. The van der Waals surface area contributed by atoms with Crippen LogP contribution in [0.25, 0.3) is 0 Å². The Morgan fingerprint density at radius 3 is 2.85 bits per heavy atom. The third kappa shape index (κ3) is 4.77. The van der Waals surface area contributed by atoms with Gasteiger partial charge >= 0.3 is 0 Å². The van der Waals surface area contributed by atoms with E-state index in [9.17, 15) is 4.79 Å². The second kappa shape index (κ2) is 9.05. The van der Waals surface area contributed by atoms with Crippen molar-refractivity contribution in [3.63, 3.8) is 0 Å². The number of carbonyl (C=O) groups is 1. The Kier molecular flexibility index (Phi) is 6.52. The third-order valence-corrected chi connectivity index (χ3v) is 5.25. The molecule has 3 rings (SSSR count). The smallest absolute Gasteiger partial charge is 0.225 e. The second-order valence-corrected chi connectivity index (χ2v) is 7.23. The zero-order chi connectivity index (χ0) is 18.4. The van der Waals surface area contributed by atoms with Gasteiger partial charge < -0.3 is 20.1 Å². The van der Waals surface area contributed by atoms with E-state index in [2.05, 4.69) is 27.7 Å². The van der Waals surface area contributed by atoms with Crippen LogP contribution in [0.2, 0.25) is 0 Å². The molecule has 1 saturated heterocycles. The minimum Gasteiger partial charge on any atom is -0.359 e. The van der Waals surface area contributed by atoms with Crippen molar-refractivity contribution in [3.8, 4) is 0 Å². The standard InChI is InChI=1S/C19H31N5O2/c1-3-15-11-17(26-23-15)12-21-19(20-4-2)22-16-9-10-24(13-16)18(25)14-7-5-6-8-14/h11,14,16H,3-10,12-13H2,1-2H3,(H2,20,21,22). The van der Waals surface area contributed by atoms with E-state index in [0.717, 1.165) is 62.7 Å². The van der Waals surface area contributed by atoms with Gasteiger partial charge in [0.25, 0.3) is 0 Å². The molecular weight excluding hydrogens is 330 g/mol. The molecule has 7 nitrogen and oxygen atoms in total. The van der Waals surface area contributed by atoms with Crippen LogP contribution in [0.5, 0.6) is 0 Å². The molecular formula is C19H31N5O2. The quantitative estimate of drug-likeness (QED) is 0.599. The van der Waals surface area contributed by atoms with Crippen LogP contribution in [-0.4, -0.2) is 47.6 Å². The van der Waals surface area contributed by atoms with Gasteiger partial charge in [0.1, 0.15) is 6.54 Å². The average Bonchev–Trinajstić information content (AvgIpc) is 3.40. The van der Waals surface area contributed by atoms with Gasteiger partial charge in [-0.3, -0.25) is 4.79 Å². The van der Waals surface area contributed by atoms with Crippen molar-refractivity contribution in [1.82, 2.24) is 20.7 Å². The van der Waals surface area contributed by atoms with E-state index in [1.807, 2.05) is 17.9 Å². The SMILES string of the molecule is CCNC(=NCc1cc(CC)no1)NC1CCN(C(=O)C2CCCC2)C1. The zero-order valence-corrected chi connectivity index (χ0v) is 16.0. The van der Waals surface area contributed by atoms with Gasteiger partial charge in [0.05, 0.1) is 5.69 Å². The molecule has 0 spiro atoms. The summed E-state index contributed by atoms with van der Waals surface area (Å²) in [5.41, 5.74) is 0.949. The van der Waals surface area contributed by atoms with Crippen molar-refractivity contribution in [1.29, 1.82) is 0 Å². The Bertz CT molecular complexity index is 621. The first-order valence-electron chi connectivity index (χ1n) is 9.97. The van der Waals surface area contributed by atoms with E-state index in [4.69, 9.17) is 4.52 Å². The number of amides is 1. The van der Waals surface area contributed by atoms with E-state index in [1.54, 1.807) is 0 Å². The molecule has 1 unspecified atom stereocenters.